The Kier molecular flexibility index (Phi) is 2.29. The molecule has 1 aromatic heterocycles. The summed E-state index contributed by atoms with van der Waals surface area (Å²) < 4.78 is 2.40. The second-order valence-electron chi connectivity index (χ2n) is 8.19. The average molecular weight is 271 g/mol. The molecule has 4 bridgehead atoms. The molecule has 4 fully saturated rings. The van der Waals surface area contributed by atoms with Gasteiger partial charge in [0.2, 0.25) is 0 Å². The van der Waals surface area contributed by atoms with E-state index in [1.807, 2.05) is 0 Å². The van der Waals surface area contributed by atoms with E-state index >= 15 is 0 Å². The van der Waals surface area contributed by atoms with Crippen molar-refractivity contribution in [2.24, 2.45) is 23.5 Å². The number of imidazole rings is 1. The first-order valence-electron chi connectivity index (χ1n) is 8.52. The third-order valence-corrected chi connectivity index (χ3v) is 6.63. The second kappa shape index (κ2) is 3.88. The quantitative estimate of drug-likeness (QED) is 0.853. The van der Waals surface area contributed by atoms with Gasteiger partial charge in [-0.2, -0.15) is 0 Å². The van der Waals surface area contributed by atoms with Crippen LogP contribution < -0.4 is 5.73 Å². The van der Waals surface area contributed by atoms with Gasteiger partial charge in [-0.25, -0.2) is 4.98 Å². The number of nitrogens with two attached hydrogens (primary N) is 1. The Hall–Kier alpha value is -0.830. The van der Waals surface area contributed by atoms with Gasteiger partial charge >= 0.3 is 0 Å². The number of hydrogen-bond donors (Lipinski definition) is 1. The van der Waals surface area contributed by atoms with Crippen LogP contribution >= 0.6 is 0 Å². The first-order chi connectivity index (χ1) is 9.70. The molecule has 0 radical (unpaired) electrons. The van der Waals surface area contributed by atoms with Gasteiger partial charge in [-0.3, -0.25) is 0 Å². The first-order valence-corrected chi connectivity index (χ1v) is 8.52. The number of rotatable bonds is 1. The van der Waals surface area contributed by atoms with Crippen molar-refractivity contribution in [1.29, 1.82) is 0 Å². The summed E-state index contributed by atoms with van der Waals surface area (Å²) in [5, 5.41) is 0. The lowest BCUT2D eigenvalue weighted by Gasteiger charge is -2.56. The Morgan fingerprint density at radius 3 is 2.40 bits per heavy atom. The zero-order valence-corrected chi connectivity index (χ0v) is 12.2. The van der Waals surface area contributed by atoms with Gasteiger partial charge in [0.05, 0.1) is 5.69 Å². The fourth-order valence-corrected chi connectivity index (χ4v) is 6.13. The molecule has 1 aromatic rings. The minimum absolute atomic E-state index is 0.328. The van der Waals surface area contributed by atoms with Crippen LogP contribution in [0.5, 0.6) is 0 Å². The summed E-state index contributed by atoms with van der Waals surface area (Å²) in [5.41, 5.74) is 7.99. The van der Waals surface area contributed by atoms with Crippen LogP contribution in [0.1, 0.15) is 56.5 Å². The van der Waals surface area contributed by atoms with Gasteiger partial charge in [-0.05, 0) is 62.7 Å². The van der Waals surface area contributed by atoms with Crippen LogP contribution in [0.15, 0.2) is 6.20 Å². The van der Waals surface area contributed by atoms with Crippen LogP contribution in [0.2, 0.25) is 0 Å². The summed E-state index contributed by atoms with van der Waals surface area (Å²) >= 11 is 0. The highest BCUT2D eigenvalue weighted by Crippen LogP contribution is 2.60. The van der Waals surface area contributed by atoms with Crippen LogP contribution in [0.4, 0.5) is 0 Å². The molecule has 6 rings (SSSR count). The third-order valence-electron chi connectivity index (χ3n) is 6.63. The fourth-order valence-electron chi connectivity index (χ4n) is 6.13. The molecule has 108 valence electrons. The van der Waals surface area contributed by atoms with E-state index in [9.17, 15) is 0 Å². The van der Waals surface area contributed by atoms with E-state index in [-0.39, 0.29) is 0 Å². The minimum atomic E-state index is 0.328. The summed E-state index contributed by atoms with van der Waals surface area (Å²) in [6.07, 6.45) is 13.3. The molecule has 5 aliphatic rings. The predicted octanol–water partition coefficient (Wildman–Crippen LogP) is 2.62. The van der Waals surface area contributed by atoms with Crippen molar-refractivity contribution in [3.05, 3.63) is 17.7 Å². The van der Waals surface area contributed by atoms with Gasteiger partial charge in [0.15, 0.2) is 0 Å². The molecule has 0 aromatic carbocycles. The molecule has 1 aliphatic heterocycles. The monoisotopic (exact) mass is 271 g/mol. The molecule has 3 nitrogen and oxygen atoms in total. The van der Waals surface area contributed by atoms with E-state index in [1.54, 1.807) is 0 Å². The Labute approximate surface area is 120 Å². The van der Waals surface area contributed by atoms with E-state index in [0.717, 1.165) is 37.1 Å². The van der Waals surface area contributed by atoms with Crippen molar-refractivity contribution in [3.63, 3.8) is 0 Å². The van der Waals surface area contributed by atoms with Crippen molar-refractivity contribution in [3.8, 4) is 0 Å². The molecular weight excluding hydrogens is 246 g/mol. The number of fused-ring (bicyclic) bond motifs is 1. The maximum Gasteiger partial charge on any atom is 0.110 e. The van der Waals surface area contributed by atoms with Crippen LogP contribution in [0.3, 0.4) is 0 Å². The number of aromatic nitrogens is 2. The molecule has 4 aliphatic carbocycles. The van der Waals surface area contributed by atoms with E-state index in [0.29, 0.717) is 11.5 Å². The van der Waals surface area contributed by atoms with Gasteiger partial charge in [0, 0.05) is 30.6 Å². The predicted molar refractivity (Wildman–Crippen MR) is 78.4 cm³/mol. The normalized spacial score (nSPS) is 45.6. The first kappa shape index (κ1) is 11.8. The fraction of sp³-hybridized carbons (Fsp3) is 0.824. The zero-order valence-electron chi connectivity index (χ0n) is 12.2. The lowest BCUT2D eigenvalue weighted by molar-refractivity contribution is -0.00709. The largest absolute Gasteiger partial charge is 0.335 e. The van der Waals surface area contributed by atoms with Gasteiger partial charge in [0.1, 0.15) is 5.82 Å². The van der Waals surface area contributed by atoms with Gasteiger partial charge in [0.25, 0.3) is 0 Å². The molecule has 0 spiro atoms. The molecule has 1 unspecified atom stereocenters. The average Bonchev–Trinajstić information content (AvgIpc) is 2.80. The molecular formula is C17H25N3. The zero-order chi connectivity index (χ0) is 13.3. The lowest BCUT2D eigenvalue weighted by Crippen LogP contribution is -2.48. The molecule has 2 heterocycles. The van der Waals surface area contributed by atoms with Gasteiger partial charge in [-0.1, -0.05) is 0 Å². The highest BCUT2D eigenvalue weighted by atomic mass is 15.1. The Morgan fingerprint density at radius 1 is 1.10 bits per heavy atom. The van der Waals surface area contributed by atoms with E-state index in [4.69, 9.17) is 10.7 Å². The van der Waals surface area contributed by atoms with Crippen molar-refractivity contribution in [2.75, 3.05) is 0 Å². The molecule has 1 atom stereocenters. The Morgan fingerprint density at radius 2 is 1.75 bits per heavy atom. The minimum Gasteiger partial charge on any atom is -0.335 e. The molecule has 4 saturated carbocycles. The number of aryl methyl sites for hydroxylation is 1. The SMILES string of the molecule is NC1CCn2cc(C34CC5CC(CC(C5)C3)C4)nc2C1. The summed E-state index contributed by atoms with van der Waals surface area (Å²) in [6.45, 7) is 1.08. The van der Waals surface area contributed by atoms with E-state index in [2.05, 4.69) is 10.8 Å². The van der Waals surface area contributed by atoms with Crippen LogP contribution in [0, 0.1) is 17.8 Å². The highest BCUT2D eigenvalue weighted by Gasteiger charge is 2.52. The molecule has 0 saturated heterocycles. The summed E-state index contributed by atoms with van der Waals surface area (Å²) in [6, 6.07) is 0.328. The van der Waals surface area contributed by atoms with Gasteiger partial charge < -0.3 is 10.3 Å². The van der Waals surface area contributed by atoms with Crippen molar-refractivity contribution >= 4 is 0 Å². The standard InChI is InChI=1S/C17H25N3/c18-14-1-2-20-10-15(19-16(20)6-14)17-7-11-3-12(8-17)5-13(4-11)9-17/h10-14H,1-9,18H2. The summed E-state index contributed by atoms with van der Waals surface area (Å²) in [5.74, 6) is 4.27. The molecule has 2 N–H and O–H groups in total. The van der Waals surface area contributed by atoms with E-state index < -0.39 is 0 Å². The lowest BCUT2D eigenvalue weighted by atomic mass is 9.49. The van der Waals surface area contributed by atoms with Crippen molar-refractivity contribution < 1.29 is 0 Å². The van der Waals surface area contributed by atoms with Crippen LogP contribution in [0.25, 0.3) is 0 Å². The summed E-state index contributed by atoms with van der Waals surface area (Å²) in [7, 11) is 0. The highest BCUT2D eigenvalue weighted by molar-refractivity contribution is 5.23. The van der Waals surface area contributed by atoms with Gasteiger partial charge in [-0.15, -0.1) is 0 Å². The Balaban J connectivity index is 1.53. The summed E-state index contributed by atoms with van der Waals surface area (Å²) in [4.78, 5) is 5.07. The molecule has 20 heavy (non-hydrogen) atoms. The maximum absolute atomic E-state index is 6.11. The smallest absolute Gasteiger partial charge is 0.110 e. The molecule has 0 amide bonds. The molecule has 3 heteroatoms. The van der Waals surface area contributed by atoms with Crippen LogP contribution in [-0.2, 0) is 18.4 Å². The van der Waals surface area contributed by atoms with Crippen molar-refractivity contribution in [2.45, 2.75) is 69.4 Å². The maximum atomic E-state index is 6.11. The number of hydrogen-bond acceptors (Lipinski definition) is 2. The van der Waals surface area contributed by atoms with Crippen LogP contribution in [-0.4, -0.2) is 15.6 Å². The third kappa shape index (κ3) is 1.59. The Bertz CT molecular complexity index is 509. The van der Waals surface area contributed by atoms with E-state index in [1.165, 1.54) is 50.0 Å². The van der Waals surface area contributed by atoms with Crippen molar-refractivity contribution in [1.82, 2.24) is 9.55 Å². The second-order valence-corrected chi connectivity index (χ2v) is 8.19. The number of nitrogens with zero attached hydrogens (tertiary/aromatic N) is 2. The topological polar surface area (TPSA) is 43.8 Å².